The molecule has 7 nitrogen and oxygen atoms in total. The molecule has 0 N–H and O–H groups in total. The van der Waals surface area contributed by atoms with Crippen molar-refractivity contribution in [3.63, 3.8) is 0 Å². The Balaban J connectivity index is 2.10. The lowest BCUT2D eigenvalue weighted by Crippen LogP contribution is -2.36. The Morgan fingerprint density at radius 1 is 1.30 bits per heavy atom. The van der Waals surface area contributed by atoms with Crippen LogP contribution in [0, 0.1) is 0 Å². The Morgan fingerprint density at radius 3 is 2.70 bits per heavy atom. The molecule has 0 spiro atoms. The summed E-state index contributed by atoms with van der Waals surface area (Å²) in [5.41, 5.74) is 1.65. The van der Waals surface area contributed by atoms with Crippen LogP contribution in [0.2, 0.25) is 0 Å². The molecule has 0 unspecified atom stereocenters. The highest BCUT2D eigenvalue weighted by Crippen LogP contribution is 2.30. The average molecular weight is 319 g/mol. The molecule has 1 aromatic rings. The number of hydrogen-bond acceptors (Lipinski definition) is 5. The van der Waals surface area contributed by atoms with Crippen molar-refractivity contribution < 1.29 is 9.59 Å². The third kappa shape index (κ3) is 4.48. The van der Waals surface area contributed by atoms with Gasteiger partial charge in [-0.1, -0.05) is 0 Å². The Bertz CT molecular complexity index is 575. The second-order valence-electron chi connectivity index (χ2n) is 6.23. The predicted octanol–water partition coefficient (Wildman–Crippen LogP) is 0.680. The van der Waals surface area contributed by atoms with Gasteiger partial charge in [0.1, 0.15) is 0 Å². The fourth-order valence-electron chi connectivity index (χ4n) is 2.68. The summed E-state index contributed by atoms with van der Waals surface area (Å²) < 4.78 is 0. The number of carbonyl (C=O) groups excluding carboxylic acids is 2. The molecule has 1 atom stereocenters. The van der Waals surface area contributed by atoms with Crippen LogP contribution in [0.3, 0.4) is 0 Å². The van der Waals surface area contributed by atoms with E-state index in [-0.39, 0.29) is 17.9 Å². The molecular weight excluding hydrogens is 294 g/mol. The molecule has 1 aliphatic rings. The van der Waals surface area contributed by atoms with Gasteiger partial charge in [0.15, 0.2) is 0 Å². The molecule has 2 rings (SSSR count). The number of hydrogen-bond donors (Lipinski definition) is 0. The van der Waals surface area contributed by atoms with Gasteiger partial charge in [0.05, 0.1) is 42.9 Å². The first-order valence-corrected chi connectivity index (χ1v) is 7.85. The summed E-state index contributed by atoms with van der Waals surface area (Å²) in [4.78, 5) is 37.6. The van der Waals surface area contributed by atoms with Crippen molar-refractivity contribution in [3.8, 4) is 0 Å². The predicted molar refractivity (Wildman–Crippen MR) is 86.4 cm³/mol. The molecule has 0 radical (unpaired) electrons. The number of carbonyl (C=O) groups is 2. The second-order valence-corrected chi connectivity index (χ2v) is 6.23. The summed E-state index contributed by atoms with van der Waals surface area (Å²) in [6.07, 6.45) is 5.47. The van der Waals surface area contributed by atoms with Crippen molar-refractivity contribution in [2.45, 2.75) is 32.4 Å². The number of likely N-dealkylation sites (N-methyl/N-ethyl adjacent to an activating group) is 1. The van der Waals surface area contributed by atoms with E-state index in [0.29, 0.717) is 13.1 Å². The van der Waals surface area contributed by atoms with E-state index in [4.69, 9.17) is 0 Å². The zero-order valence-electron chi connectivity index (χ0n) is 14.3. The molecule has 0 bridgehead atoms. The molecule has 0 saturated carbocycles. The highest BCUT2D eigenvalue weighted by Gasteiger charge is 2.29. The summed E-state index contributed by atoms with van der Waals surface area (Å²) in [7, 11) is 5.28. The van der Waals surface area contributed by atoms with Crippen molar-refractivity contribution in [1.82, 2.24) is 24.7 Å². The lowest BCUT2D eigenvalue weighted by molar-refractivity contribution is -0.130. The first-order chi connectivity index (χ1) is 10.9. The fourth-order valence-corrected chi connectivity index (χ4v) is 2.68. The highest BCUT2D eigenvalue weighted by molar-refractivity contribution is 5.77. The third-order valence-electron chi connectivity index (χ3n) is 4.18. The van der Waals surface area contributed by atoms with Gasteiger partial charge in [-0.15, -0.1) is 0 Å². The summed E-state index contributed by atoms with van der Waals surface area (Å²) in [5, 5.41) is 0. The van der Waals surface area contributed by atoms with E-state index in [0.717, 1.165) is 30.8 Å². The van der Waals surface area contributed by atoms with Crippen molar-refractivity contribution in [3.05, 3.63) is 23.8 Å². The molecule has 1 aromatic heterocycles. The Morgan fingerprint density at radius 2 is 2.04 bits per heavy atom. The molecule has 0 aliphatic carbocycles. The molecule has 2 amide bonds. The number of amides is 2. The van der Waals surface area contributed by atoms with Crippen molar-refractivity contribution in [1.29, 1.82) is 0 Å². The molecule has 7 heteroatoms. The summed E-state index contributed by atoms with van der Waals surface area (Å²) in [5.74, 6) is 0.0913. The fraction of sp³-hybridized carbons (Fsp3) is 0.625. The largest absolute Gasteiger partial charge is 0.348 e. The van der Waals surface area contributed by atoms with Crippen LogP contribution in [0.25, 0.3) is 0 Å². The first kappa shape index (κ1) is 17.3. The van der Waals surface area contributed by atoms with Crippen LogP contribution >= 0.6 is 0 Å². The van der Waals surface area contributed by atoms with Crippen molar-refractivity contribution in [2.75, 3.05) is 34.2 Å². The van der Waals surface area contributed by atoms with Crippen LogP contribution < -0.4 is 0 Å². The van der Waals surface area contributed by atoms with Crippen LogP contribution in [0.1, 0.15) is 37.2 Å². The summed E-state index contributed by atoms with van der Waals surface area (Å²) in [6.45, 7) is 3.27. The summed E-state index contributed by atoms with van der Waals surface area (Å²) >= 11 is 0. The molecule has 1 aliphatic heterocycles. The van der Waals surface area contributed by atoms with E-state index in [1.807, 2.05) is 0 Å². The lowest BCUT2D eigenvalue weighted by Gasteiger charge is -2.25. The topological polar surface area (TPSA) is 69.6 Å². The smallest absolute Gasteiger partial charge is 0.236 e. The van der Waals surface area contributed by atoms with Gasteiger partial charge in [-0.05, 0) is 19.4 Å². The van der Waals surface area contributed by atoms with Crippen LogP contribution in [0.4, 0.5) is 0 Å². The quantitative estimate of drug-likeness (QED) is 0.798. The maximum atomic E-state index is 12.0. The zero-order valence-corrected chi connectivity index (χ0v) is 14.3. The lowest BCUT2D eigenvalue weighted by atomic mass is 10.1. The van der Waals surface area contributed by atoms with Gasteiger partial charge in [-0.25, -0.2) is 0 Å². The molecule has 126 valence electrons. The maximum Gasteiger partial charge on any atom is 0.236 e. The second kappa shape index (κ2) is 7.50. The van der Waals surface area contributed by atoms with Gasteiger partial charge in [0.2, 0.25) is 11.8 Å². The van der Waals surface area contributed by atoms with Gasteiger partial charge in [0, 0.05) is 28.1 Å². The average Bonchev–Trinajstić information content (AvgIpc) is 2.95. The standard InChI is InChI=1S/C16H25N5O2/c1-12(22)20(4)10-13-8-17-9-14(18-13)15-6-5-7-21(15)11-16(23)19(2)3/h8-9,15H,5-7,10-11H2,1-4H3/t15-/m0/s1. The first-order valence-electron chi connectivity index (χ1n) is 7.85. The Labute approximate surface area is 137 Å². The Hall–Kier alpha value is -2.02. The van der Waals surface area contributed by atoms with E-state index in [1.54, 1.807) is 43.3 Å². The Kier molecular flexibility index (Phi) is 5.65. The van der Waals surface area contributed by atoms with Gasteiger partial charge >= 0.3 is 0 Å². The summed E-state index contributed by atoms with van der Waals surface area (Å²) in [6, 6.07) is 0.119. The number of rotatable bonds is 5. The van der Waals surface area contributed by atoms with E-state index in [2.05, 4.69) is 14.9 Å². The normalized spacial score (nSPS) is 18.0. The minimum atomic E-state index is -0.00345. The monoisotopic (exact) mass is 319 g/mol. The van der Waals surface area contributed by atoms with Crippen LogP contribution in [0.5, 0.6) is 0 Å². The number of nitrogens with zero attached hydrogens (tertiary/aromatic N) is 5. The van der Waals surface area contributed by atoms with E-state index in [9.17, 15) is 9.59 Å². The van der Waals surface area contributed by atoms with Crippen LogP contribution in [0.15, 0.2) is 12.4 Å². The minimum Gasteiger partial charge on any atom is -0.348 e. The molecule has 23 heavy (non-hydrogen) atoms. The van der Waals surface area contributed by atoms with Crippen molar-refractivity contribution in [2.24, 2.45) is 0 Å². The zero-order chi connectivity index (χ0) is 17.0. The van der Waals surface area contributed by atoms with E-state index < -0.39 is 0 Å². The molecule has 0 aromatic carbocycles. The molecular formula is C16H25N5O2. The van der Waals surface area contributed by atoms with Gasteiger partial charge in [-0.2, -0.15) is 0 Å². The minimum absolute atomic E-state index is 0.00345. The number of aromatic nitrogens is 2. The van der Waals surface area contributed by atoms with E-state index >= 15 is 0 Å². The van der Waals surface area contributed by atoms with E-state index in [1.165, 1.54) is 6.92 Å². The van der Waals surface area contributed by atoms with Gasteiger partial charge < -0.3 is 9.80 Å². The van der Waals surface area contributed by atoms with Crippen LogP contribution in [-0.2, 0) is 16.1 Å². The van der Waals surface area contributed by atoms with Crippen molar-refractivity contribution >= 4 is 11.8 Å². The maximum absolute atomic E-state index is 12.0. The highest BCUT2D eigenvalue weighted by atomic mass is 16.2. The van der Waals surface area contributed by atoms with Gasteiger partial charge in [-0.3, -0.25) is 24.5 Å². The third-order valence-corrected chi connectivity index (χ3v) is 4.18. The number of likely N-dealkylation sites (tertiary alicyclic amines) is 1. The van der Waals surface area contributed by atoms with Crippen LogP contribution in [-0.4, -0.2) is 70.7 Å². The molecule has 1 fully saturated rings. The SMILES string of the molecule is CC(=O)N(C)Cc1cncc([C@@H]2CCCN2CC(=O)N(C)C)n1. The van der Waals surface area contributed by atoms with Gasteiger partial charge in [0.25, 0.3) is 0 Å². The molecule has 2 heterocycles. The molecule has 1 saturated heterocycles.